The highest BCUT2D eigenvalue weighted by Gasteiger charge is 2.47. The highest BCUT2D eigenvalue weighted by molar-refractivity contribution is 6.05. The molecule has 24 heavy (non-hydrogen) atoms. The van der Waals surface area contributed by atoms with Gasteiger partial charge < -0.3 is 4.74 Å². The summed E-state index contributed by atoms with van der Waals surface area (Å²) in [5, 5.41) is 0. The predicted octanol–water partition coefficient (Wildman–Crippen LogP) is 2.70. The Bertz CT molecular complexity index is 517. The van der Waals surface area contributed by atoms with Crippen LogP contribution in [0.5, 0.6) is 0 Å². The summed E-state index contributed by atoms with van der Waals surface area (Å²) in [5.74, 6) is 0.137. The van der Waals surface area contributed by atoms with Gasteiger partial charge in [0.05, 0.1) is 24.9 Å². The summed E-state index contributed by atoms with van der Waals surface area (Å²) in [5.41, 5.74) is 0. The molecule has 0 aromatic rings. The van der Waals surface area contributed by atoms with E-state index < -0.39 is 0 Å². The van der Waals surface area contributed by atoms with Gasteiger partial charge in [0.1, 0.15) is 0 Å². The number of hydrogen-bond acceptors (Lipinski definition) is 4. The number of amides is 2. The zero-order valence-electron chi connectivity index (χ0n) is 14.4. The summed E-state index contributed by atoms with van der Waals surface area (Å²) < 4.78 is 5.38. The Morgan fingerprint density at radius 3 is 2.38 bits per heavy atom. The molecule has 3 rings (SSSR count). The highest BCUT2D eigenvalue weighted by atomic mass is 16.5. The number of imide groups is 1. The lowest BCUT2D eigenvalue weighted by Crippen LogP contribution is -2.33. The summed E-state index contributed by atoms with van der Waals surface area (Å²) in [6.45, 7) is 2.77. The molecule has 5 heteroatoms. The van der Waals surface area contributed by atoms with Crippen LogP contribution < -0.4 is 0 Å². The number of ether oxygens (including phenoxy) is 1. The van der Waals surface area contributed by atoms with Gasteiger partial charge in [-0.25, -0.2) is 0 Å². The van der Waals surface area contributed by atoms with Gasteiger partial charge >= 0.3 is 5.97 Å². The third-order valence-electron chi connectivity index (χ3n) is 5.85. The van der Waals surface area contributed by atoms with Gasteiger partial charge in [0, 0.05) is 6.54 Å². The summed E-state index contributed by atoms with van der Waals surface area (Å²) >= 11 is 0. The lowest BCUT2D eigenvalue weighted by atomic mass is 9.81. The Morgan fingerprint density at radius 1 is 1.12 bits per heavy atom. The largest absolute Gasteiger partial charge is 0.465 e. The van der Waals surface area contributed by atoms with E-state index in [1.807, 2.05) is 0 Å². The molecule has 1 saturated heterocycles. The van der Waals surface area contributed by atoms with Crippen LogP contribution in [0.25, 0.3) is 0 Å². The van der Waals surface area contributed by atoms with E-state index in [0.29, 0.717) is 18.4 Å². The maximum Gasteiger partial charge on any atom is 0.307 e. The zero-order valence-corrected chi connectivity index (χ0v) is 14.4. The second-order valence-electron chi connectivity index (χ2n) is 7.44. The quantitative estimate of drug-likeness (QED) is 0.441. The molecule has 0 unspecified atom stereocenters. The van der Waals surface area contributed by atoms with Crippen molar-refractivity contribution in [3.8, 4) is 0 Å². The molecule has 0 aromatic carbocycles. The molecule has 4 atom stereocenters. The van der Waals surface area contributed by atoms with Crippen LogP contribution in [0, 0.1) is 23.7 Å². The predicted molar refractivity (Wildman–Crippen MR) is 88.8 cm³/mol. The molecular formula is C19H27NO4. The molecule has 1 saturated carbocycles. The summed E-state index contributed by atoms with van der Waals surface area (Å²) in [6, 6.07) is 0. The monoisotopic (exact) mass is 333 g/mol. The molecule has 0 radical (unpaired) electrons. The minimum Gasteiger partial charge on any atom is -0.465 e. The second kappa shape index (κ2) is 7.49. The van der Waals surface area contributed by atoms with Gasteiger partial charge in [-0.15, -0.1) is 0 Å². The fraction of sp³-hybridized carbons (Fsp3) is 0.737. The third-order valence-corrected chi connectivity index (χ3v) is 5.85. The molecule has 1 aliphatic heterocycles. The van der Waals surface area contributed by atoms with Gasteiger partial charge in [0.25, 0.3) is 0 Å². The molecule has 0 aromatic heterocycles. The van der Waals surface area contributed by atoms with Crippen molar-refractivity contribution in [2.75, 3.05) is 13.2 Å². The SMILES string of the molecule is C[C@@H]1CC=CC[C@H]1COC(=O)CCN1C(=O)[C@H]2CCCC[C@H]2C1=O. The molecular weight excluding hydrogens is 306 g/mol. The van der Waals surface area contributed by atoms with E-state index in [9.17, 15) is 14.4 Å². The van der Waals surface area contributed by atoms with Crippen LogP contribution >= 0.6 is 0 Å². The normalized spacial score (nSPS) is 32.8. The summed E-state index contributed by atoms with van der Waals surface area (Å²) in [6.07, 6.45) is 10.0. The van der Waals surface area contributed by atoms with Crippen molar-refractivity contribution in [1.29, 1.82) is 0 Å². The Hall–Kier alpha value is -1.65. The standard InChI is InChI=1S/C19H27NO4/c1-13-6-2-3-7-14(13)12-24-17(21)10-11-20-18(22)15-8-4-5-9-16(15)19(20)23/h2-3,13-16H,4-12H2,1H3/t13-,14+,15-,16+/m1/s1. The number of carbonyl (C=O) groups excluding carboxylic acids is 3. The van der Waals surface area contributed by atoms with E-state index in [0.717, 1.165) is 38.5 Å². The second-order valence-corrected chi connectivity index (χ2v) is 7.44. The van der Waals surface area contributed by atoms with Gasteiger partial charge in [-0.3, -0.25) is 19.3 Å². The summed E-state index contributed by atoms with van der Waals surface area (Å²) in [4.78, 5) is 38.0. The van der Waals surface area contributed by atoms with Crippen LogP contribution in [0.2, 0.25) is 0 Å². The topological polar surface area (TPSA) is 63.7 Å². The number of esters is 1. The molecule has 2 amide bonds. The Kier molecular flexibility index (Phi) is 5.36. The first-order chi connectivity index (χ1) is 11.6. The molecule has 0 N–H and O–H groups in total. The molecule has 2 fully saturated rings. The fourth-order valence-electron chi connectivity index (χ4n) is 4.17. The summed E-state index contributed by atoms with van der Waals surface area (Å²) in [7, 11) is 0. The smallest absolute Gasteiger partial charge is 0.307 e. The van der Waals surface area contributed by atoms with Crippen molar-refractivity contribution in [3.63, 3.8) is 0 Å². The van der Waals surface area contributed by atoms with Gasteiger partial charge in [-0.05, 0) is 37.5 Å². The number of fused-ring (bicyclic) bond motifs is 1. The van der Waals surface area contributed by atoms with E-state index in [2.05, 4.69) is 19.1 Å². The molecule has 3 aliphatic rings. The van der Waals surface area contributed by atoms with Crippen molar-refractivity contribution in [1.82, 2.24) is 4.90 Å². The highest BCUT2D eigenvalue weighted by Crippen LogP contribution is 2.38. The number of rotatable bonds is 5. The van der Waals surface area contributed by atoms with Gasteiger partial charge in [0.2, 0.25) is 11.8 Å². The lowest BCUT2D eigenvalue weighted by Gasteiger charge is -2.24. The third kappa shape index (κ3) is 3.55. The minimum atomic E-state index is -0.313. The van der Waals surface area contributed by atoms with E-state index in [-0.39, 0.29) is 42.6 Å². The molecule has 2 aliphatic carbocycles. The Morgan fingerprint density at radius 2 is 1.75 bits per heavy atom. The van der Waals surface area contributed by atoms with Crippen molar-refractivity contribution in [2.45, 2.75) is 51.9 Å². The van der Waals surface area contributed by atoms with Crippen LogP contribution in [0.15, 0.2) is 12.2 Å². The Balaban J connectivity index is 1.45. The lowest BCUT2D eigenvalue weighted by molar-refractivity contribution is -0.147. The van der Waals surface area contributed by atoms with E-state index in [1.165, 1.54) is 4.90 Å². The van der Waals surface area contributed by atoms with Crippen LogP contribution in [0.3, 0.4) is 0 Å². The average Bonchev–Trinajstić information content (AvgIpc) is 2.84. The van der Waals surface area contributed by atoms with Crippen molar-refractivity contribution in [3.05, 3.63) is 12.2 Å². The van der Waals surface area contributed by atoms with Gasteiger partial charge in [-0.1, -0.05) is 31.9 Å². The number of hydrogen-bond donors (Lipinski definition) is 0. The molecule has 5 nitrogen and oxygen atoms in total. The Labute approximate surface area is 143 Å². The number of nitrogens with zero attached hydrogens (tertiary/aromatic N) is 1. The number of carbonyl (C=O) groups is 3. The van der Waals surface area contributed by atoms with E-state index >= 15 is 0 Å². The van der Waals surface area contributed by atoms with Crippen molar-refractivity contribution < 1.29 is 19.1 Å². The maximum atomic E-state index is 12.4. The molecule has 0 bridgehead atoms. The first kappa shape index (κ1) is 17.2. The number of likely N-dealkylation sites (tertiary alicyclic amines) is 1. The van der Waals surface area contributed by atoms with E-state index in [4.69, 9.17) is 4.74 Å². The van der Waals surface area contributed by atoms with E-state index in [1.54, 1.807) is 0 Å². The van der Waals surface area contributed by atoms with Crippen molar-refractivity contribution >= 4 is 17.8 Å². The molecule has 132 valence electrons. The first-order valence-corrected chi connectivity index (χ1v) is 9.23. The maximum absolute atomic E-state index is 12.4. The van der Waals surface area contributed by atoms with Crippen molar-refractivity contribution in [2.24, 2.45) is 23.7 Å². The first-order valence-electron chi connectivity index (χ1n) is 9.23. The average molecular weight is 333 g/mol. The zero-order chi connectivity index (χ0) is 17.1. The number of allylic oxidation sites excluding steroid dienone is 2. The minimum absolute atomic E-state index is 0.0801. The van der Waals surface area contributed by atoms with Gasteiger partial charge in [0.15, 0.2) is 0 Å². The van der Waals surface area contributed by atoms with Crippen LogP contribution in [0.4, 0.5) is 0 Å². The van der Waals surface area contributed by atoms with Crippen LogP contribution in [0.1, 0.15) is 51.9 Å². The fourth-order valence-corrected chi connectivity index (χ4v) is 4.17. The molecule has 0 spiro atoms. The van der Waals surface area contributed by atoms with Crippen LogP contribution in [-0.4, -0.2) is 35.8 Å². The van der Waals surface area contributed by atoms with Gasteiger partial charge in [-0.2, -0.15) is 0 Å². The van der Waals surface area contributed by atoms with Crippen LogP contribution in [-0.2, 0) is 19.1 Å². The molecule has 1 heterocycles.